The predicted molar refractivity (Wildman–Crippen MR) is 92.5 cm³/mol. The van der Waals surface area contributed by atoms with Gasteiger partial charge in [0.1, 0.15) is 0 Å². The van der Waals surface area contributed by atoms with Crippen molar-refractivity contribution in [1.29, 1.82) is 0 Å². The molecule has 0 radical (unpaired) electrons. The van der Waals surface area contributed by atoms with Gasteiger partial charge in [0.25, 0.3) is 5.91 Å². The Hall–Kier alpha value is -2.08. The number of carbonyl (C=O) groups is 3. The molecular weight excluding hydrogens is 344 g/mol. The maximum absolute atomic E-state index is 12.5. The Kier molecular flexibility index (Phi) is 4.99. The molecule has 6 nitrogen and oxygen atoms in total. The van der Waals surface area contributed by atoms with Crippen LogP contribution in [0.3, 0.4) is 0 Å². The third-order valence-corrected chi connectivity index (χ3v) is 5.48. The number of amides is 2. The molecule has 0 atom stereocenters. The van der Waals surface area contributed by atoms with Crippen LogP contribution in [0.5, 0.6) is 0 Å². The van der Waals surface area contributed by atoms with Gasteiger partial charge in [0.15, 0.2) is 0 Å². The first kappa shape index (κ1) is 17.7. The first-order valence-electron chi connectivity index (χ1n) is 8.47. The third kappa shape index (κ3) is 3.63. The summed E-state index contributed by atoms with van der Waals surface area (Å²) < 4.78 is 0. The summed E-state index contributed by atoms with van der Waals surface area (Å²) in [7, 11) is 0. The number of halogens is 1. The minimum Gasteiger partial charge on any atom is -0.481 e. The number of piperazine rings is 1. The Balaban J connectivity index is 1.55. The van der Waals surface area contributed by atoms with Gasteiger partial charge in [-0.25, -0.2) is 0 Å². The molecule has 1 aromatic rings. The summed E-state index contributed by atoms with van der Waals surface area (Å²) in [5.74, 6) is -1.10. The van der Waals surface area contributed by atoms with Gasteiger partial charge in [-0.15, -0.1) is 0 Å². The number of benzene rings is 1. The van der Waals surface area contributed by atoms with Crippen LogP contribution in [0.2, 0.25) is 5.02 Å². The number of carboxylic acids is 1. The van der Waals surface area contributed by atoms with Gasteiger partial charge >= 0.3 is 5.97 Å². The molecule has 1 heterocycles. The molecule has 2 aliphatic rings. The molecule has 2 fully saturated rings. The lowest BCUT2D eigenvalue weighted by atomic mass is 9.66. The average Bonchev–Trinajstić information content (AvgIpc) is 2.57. The Morgan fingerprint density at radius 1 is 1.08 bits per heavy atom. The lowest BCUT2D eigenvalue weighted by Gasteiger charge is -2.40. The Labute approximate surface area is 151 Å². The van der Waals surface area contributed by atoms with Crippen molar-refractivity contribution in [3.8, 4) is 0 Å². The zero-order chi connectivity index (χ0) is 18.0. The fourth-order valence-electron chi connectivity index (χ4n) is 3.43. The molecule has 1 aliphatic heterocycles. The highest BCUT2D eigenvalue weighted by Gasteiger charge is 2.46. The zero-order valence-corrected chi connectivity index (χ0v) is 14.7. The largest absolute Gasteiger partial charge is 0.481 e. The normalized spacial score (nSPS) is 19.2. The van der Waals surface area contributed by atoms with E-state index in [4.69, 9.17) is 11.6 Å². The van der Waals surface area contributed by atoms with Crippen LogP contribution in [0, 0.1) is 5.41 Å². The Bertz CT molecular complexity index is 694. The van der Waals surface area contributed by atoms with Gasteiger partial charge in [-0.1, -0.05) is 24.1 Å². The number of carbonyl (C=O) groups excluding carboxylic acids is 2. The molecule has 1 saturated heterocycles. The van der Waals surface area contributed by atoms with Crippen LogP contribution in [-0.2, 0) is 9.59 Å². The van der Waals surface area contributed by atoms with Gasteiger partial charge < -0.3 is 14.9 Å². The molecule has 25 heavy (non-hydrogen) atoms. The van der Waals surface area contributed by atoms with Crippen molar-refractivity contribution in [1.82, 2.24) is 9.80 Å². The molecule has 1 N–H and O–H groups in total. The van der Waals surface area contributed by atoms with Crippen LogP contribution in [0.1, 0.15) is 36.0 Å². The van der Waals surface area contributed by atoms with E-state index in [2.05, 4.69) is 0 Å². The number of hydrogen-bond donors (Lipinski definition) is 1. The second-order valence-corrected chi connectivity index (χ2v) is 7.24. The van der Waals surface area contributed by atoms with Crippen LogP contribution in [0.15, 0.2) is 24.3 Å². The SMILES string of the molecule is O=C(CC1(C(=O)O)CCC1)N1CCN(C(=O)c2cccc(Cl)c2)CC1. The van der Waals surface area contributed by atoms with Crippen LogP contribution >= 0.6 is 11.6 Å². The van der Waals surface area contributed by atoms with E-state index >= 15 is 0 Å². The van der Waals surface area contributed by atoms with Gasteiger partial charge in [-0.2, -0.15) is 0 Å². The molecule has 0 bridgehead atoms. The van der Waals surface area contributed by atoms with Crippen molar-refractivity contribution in [2.45, 2.75) is 25.7 Å². The Morgan fingerprint density at radius 2 is 1.72 bits per heavy atom. The highest BCUT2D eigenvalue weighted by molar-refractivity contribution is 6.30. The summed E-state index contributed by atoms with van der Waals surface area (Å²) in [5.41, 5.74) is -0.336. The molecule has 2 amide bonds. The third-order valence-electron chi connectivity index (χ3n) is 5.25. The molecule has 1 aromatic carbocycles. The van der Waals surface area contributed by atoms with Gasteiger partial charge in [0.2, 0.25) is 5.91 Å². The van der Waals surface area contributed by atoms with Crippen molar-refractivity contribution < 1.29 is 19.5 Å². The topological polar surface area (TPSA) is 77.9 Å². The molecular formula is C18H21ClN2O4. The first-order chi connectivity index (χ1) is 11.9. The fourth-order valence-corrected chi connectivity index (χ4v) is 3.62. The second-order valence-electron chi connectivity index (χ2n) is 6.80. The molecule has 0 unspecified atom stereocenters. The highest BCUT2D eigenvalue weighted by Crippen LogP contribution is 2.44. The van der Waals surface area contributed by atoms with E-state index in [9.17, 15) is 19.5 Å². The van der Waals surface area contributed by atoms with Crippen LogP contribution in [-0.4, -0.2) is 58.9 Å². The van der Waals surface area contributed by atoms with Crippen LogP contribution in [0.4, 0.5) is 0 Å². The Morgan fingerprint density at radius 3 is 2.24 bits per heavy atom. The predicted octanol–water partition coefficient (Wildman–Crippen LogP) is 2.27. The van der Waals surface area contributed by atoms with E-state index in [1.54, 1.807) is 34.1 Å². The molecule has 7 heteroatoms. The molecule has 0 aromatic heterocycles. The summed E-state index contributed by atoms with van der Waals surface area (Å²) in [6.45, 7) is 1.75. The van der Waals surface area contributed by atoms with E-state index in [0.717, 1.165) is 6.42 Å². The average molecular weight is 365 g/mol. The van der Waals surface area contributed by atoms with Gasteiger partial charge in [0.05, 0.1) is 5.41 Å². The fraction of sp³-hybridized carbons (Fsp3) is 0.500. The summed E-state index contributed by atoms with van der Waals surface area (Å²) in [6, 6.07) is 6.81. The number of aliphatic carboxylic acids is 1. The van der Waals surface area contributed by atoms with E-state index in [0.29, 0.717) is 49.6 Å². The minimum absolute atomic E-state index is 0.0601. The van der Waals surface area contributed by atoms with Gasteiger partial charge in [-0.05, 0) is 31.0 Å². The molecule has 0 spiro atoms. The highest BCUT2D eigenvalue weighted by atomic mass is 35.5. The molecule has 1 aliphatic carbocycles. The van der Waals surface area contributed by atoms with Crippen molar-refractivity contribution in [3.05, 3.63) is 34.9 Å². The van der Waals surface area contributed by atoms with E-state index in [1.165, 1.54) is 0 Å². The number of hydrogen-bond acceptors (Lipinski definition) is 3. The monoisotopic (exact) mass is 364 g/mol. The molecule has 134 valence electrons. The van der Waals surface area contributed by atoms with Crippen molar-refractivity contribution in [2.24, 2.45) is 5.41 Å². The molecule has 1 saturated carbocycles. The lowest BCUT2D eigenvalue weighted by Crippen LogP contribution is -2.52. The summed E-state index contributed by atoms with van der Waals surface area (Å²) in [4.78, 5) is 39.7. The lowest BCUT2D eigenvalue weighted by molar-refractivity contribution is -0.159. The van der Waals surface area contributed by atoms with Crippen LogP contribution in [0.25, 0.3) is 0 Å². The van der Waals surface area contributed by atoms with Crippen molar-refractivity contribution in [3.63, 3.8) is 0 Å². The van der Waals surface area contributed by atoms with E-state index < -0.39 is 11.4 Å². The maximum Gasteiger partial charge on any atom is 0.310 e. The summed E-state index contributed by atoms with van der Waals surface area (Å²) in [6.07, 6.45) is 2.06. The van der Waals surface area contributed by atoms with E-state index in [1.807, 2.05) is 0 Å². The summed E-state index contributed by atoms with van der Waals surface area (Å²) >= 11 is 5.93. The minimum atomic E-state index is -0.873. The smallest absolute Gasteiger partial charge is 0.310 e. The number of rotatable bonds is 4. The zero-order valence-electron chi connectivity index (χ0n) is 13.9. The van der Waals surface area contributed by atoms with Gasteiger partial charge in [0, 0.05) is 43.2 Å². The quantitative estimate of drug-likeness (QED) is 0.889. The number of nitrogens with zero attached hydrogens (tertiary/aromatic N) is 2. The van der Waals surface area contributed by atoms with Gasteiger partial charge in [-0.3, -0.25) is 14.4 Å². The van der Waals surface area contributed by atoms with E-state index in [-0.39, 0.29) is 18.2 Å². The second kappa shape index (κ2) is 7.04. The maximum atomic E-state index is 12.5. The standard InChI is InChI=1S/C18H21ClN2O4/c19-14-4-1-3-13(11-14)16(23)21-9-7-20(8-10-21)15(22)12-18(17(24)25)5-2-6-18/h1,3-4,11H,2,5-10,12H2,(H,24,25). The van der Waals surface area contributed by atoms with Crippen molar-refractivity contribution in [2.75, 3.05) is 26.2 Å². The van der Waals surface area contributed by atoms with Crippen LogP contribution < -0.4 is 0 Å². The summed E-state index contributed by atoms with van der Waals surface area (Å²) in [5, 5.41) is 9.87. The molecule has 3 rings (SSSR count). The van der Waals surface area contributed by atoms with Crippen molar-refractivity contribution >= 4 is 29.4 Å². The number of carboxylic acid groups (broad SMARTS) is 1. The first-order valence-corrected chi connectivity index (χ1v) is 8.85.